The van der Waals surface area contributed by atoms with Gasteiger partial charge < -0.3 is 5.32 Å². The molecule has 0 aromatic carbocycles. The molecule has 0 bridgehead atoms. The maximum absolute atomic E-state index is 12.4. The number of hydrogen-bond acceptors (Lipinski definition) is 3. The number of allylic oxidation sites excluding steroid dienone is 2. The first-order chi connectivity index (χ1) is 12.2. The SMILES string of the molecule is O=C(CCCN1C(=O)[C@H]2CC=CC[C@H]2C1=O)NC1CCCCCCC1. The van der Waals surface area contributed by atoms with Crippen LogP contribution in [0.1, 0.15) is 70.6 Å². The van der Waals surface area contributed by atoms with Crippen molar-refractivity contribution in [1.29, 1.82) is 0 Å². The summed E-state index contributed by atoms with van der Waals surface area (Å²) in [4.78, 5) is 38.4. The predicted octanol–water partition coefficient (Wildman–Crippen LogP) is 2.95. The molecule has 5 nitrogen and oxygen atoms in total. The third kappa shape index (κ3) is 4.50. The van der Waals surface area contributed by atoms with E-state index in [1.165, 1.54) is 37.0 Å². The van der Waals surface area contributed by atoms with E-state index in [0.717, 1.165) is 12.8 Å². The second-order valence-electron chi connectivity index (χ2n) is 7.70. The maximum Gasteiger partial charge on any atom is 0.233 e. The molecule has 2 atom stereocenters. The first-order valence-corrected chi connectivity index (χ1v) is 9.96. The van der Waals surface area contributed by atoms with Crippen LogP contribution in [0.3, 0.4) is 0 Å². The number of likely N-dealkylation sites (tertiary alicyclic amines) is 1. The van der Waals surface area contributed by atoms with Gasteiger partial charge in [-0.1, -0.05) is 44.3 Å². The van der Waals surface area contributed by atoms with Gasteiger partial charge in [-0.3, -0.25) is 19.3 Å². The number of imide groups is 1. The highest BCUT2D eigenvalue weighted by atomic mass is 16.2. The van der Waals surface area contributed by atoms with Crippen molar-refractivity contribution >= 4 is 17.7 Å². The van der Waals surface area contributed by atoms with Crippen LogP contribution in [-0.4, -0.2) is 35.2 Å². The number of carbonyl (C=O) groups excluding carboxylic acids is 3. The zero-order chi connectivity index (χ0) is 17.6. The second kappa shape index (κ2) is 8.63. The smallest absolute Gasteiger partial charge is 0.233 e. The van der Waals surface area contributed by atoms with Gasteiger partial charge in [0.15, 0.2) is 0 Å². The second-order valence-corrected chi connectivity index (χ2v) is 7.70. The molecule has 1 N–H and O–H groups in total. The Morgan fingerprint density at radius 1 is 0.960 bits per heavy atom. The molecule has 1 aliphatic heterocycles. The first-order valence-electron chi connectivity index (χ1n) is 9.96. The summed E-state index contributed by atoms with van der Waals surface area (Å²) in [7, 11) is 0. The van der Waals surface area contributed by atoms with E-state index < -0.39 is 0 Å². The number of rotatable bonds is 5. The Bertz CT molecular complexity index is 509. The monoisotopic (exact) mass is 346 g/mol. The first kappa shape index (κ1) is 18.2. The summed E-state index contributed by atoms with van der Waals surface area (Å²) in [6.07, 6.45) is 14.7. The topological polar surface area (TPSA) is 66.5 Å². The Morgan fingerprint density at radius 2 is 1.52 bits per heavy atom. The van der Waals surface area contributed by atoms with E-state index in [1.54, 1.807) is 0 Å². The fourth-order valence-electron chi connectivity index (χ4n) is 4.39. The van der Waals surface area contributed by atoms with Gasteiger partial charge in [-0.15, -0.1) is 0 Å². The summed E-state index contributed by atoms with van der Waals surface area (Å²) in [5, 5.41) is 3.15. The van der Waals surface area contributed by atoms with Crippen molar-refractivity contribution < 1.29 is 14.4 Å². The lowest BCUT2D eigenvalue weighted by atomic mass is 9.85. The lowest BCUT2D eigenvalue weighted by Gasteiger charge is -2.21. The number of carbonyl (C=O) groups is 3. The van der Waals surface area contributed by atoms with E-state index in [9.17, 15) is 14.4 Å². The minimum Gasteiger partial charge on any atom is -0.353 e. The van der Waals surface area contributed by atoms with Gasteiger partial charge in [-0.25, -0.2) is 0 Å². The van der Waals surface area contributed by atoms with Crippen molar-refractivity contribution in [3.05, 3.63) is 12.2 Å². The third-order valence-electron chi connectivity index (χ3n) is 5.85. The predicted molar refractivity (Wildman–Crippen MR) is 95.6 cm³/mol. The summed E-state index contributed by atoms with van der Waals surface area (Å²) < 4.78 is 0. The summed E-state index contributed by atoms with van der Waals surface area (Å²) in [5.41, 5.74) is 0. The number of hydrogen-bond donors (Lipinski definition) is 1. The quantitative estimate of drug-likeness (QED) is 0.615. The molecule has 0 aromatic heterocycles. The molecule has 0 radical (unpaired) electrons. The van der Waals surface area contributed by atoms with Crippen LogP contribution in [0.4, 0.5) is 0 Å². The molecular formula is C20H30N2O3. The molecule has 3 aliphatic rings. The Balaban J connectivity index is 1.41. The van der Waals surface area contributed by atoms with Crippen LogP contribution in [-0.2, 0) is 14.4 Å². The van der Waals surface area contributed by atoms with E-state index >= 15 is 0 Å². The van der Waals surface area contributed by atoms with Gasteiger partial charge >= 0.3 is 0 Å². The van der Waals surface area contributed by atoms with E-state index in [2.05, 4.69) is 5.32 Å². The van der Waals surface area contributed by atoms with E-state index in [4.69, 9.17) is 0 Å². The summed E-state index contributed by atoms with van der Waals surface area (Å²) >= 11 is 0. The molecule has 3 amide bonds. The molecule has 1 saturated carbocycles. The van der Waals surface area contributed by atoms with Gasteiger partial charge in [-0.05, 0) is 32.1 Å². The number of amides is 3. The average molecular weight is 346 g/mol. The molecule has 0 spiro atoms. The zero-order valence-corrected chi connectivity index (χ0v) is 15.0. The van der Waals surface area contributed by atoms with Crippen LogP contribution >= 0.6 is 0 Å². The Hall–Kier alpha value is -1.65. The molecular weight excluding hydrogens is 316 g/mol. The van der Waals surface area contributed by atoms with Crippen LogP contribution in [0, 0.1) is 11.8 Å². The lowest BCUT2D eigenvalue weighted by Crippen LogP contribution is -2.36. The molecule has 0 unspecified atom stereocenters. The summed E-state index contributed by atoms with van der Waals surface area (Å²) in [6, 6.07) is 0.303. The van der Waals surface area contributed by atoms with Crippen LogP contribution < -0.4 is 5.32 Å². The number of nitrogens with zero attached hydrogens (tertiary/aromatic N) is 1. The fraction of sp³-hybridized carbons (Fsp3) is 0.750. The van der Waals surface area contributed by atoms with Crippen molar-refractivity contribution in [3.8, 4) is 0 Å². The van der Waals surface area contributed by atoms with Gasteiger partial charge in [-0.2, -0.15) is 0 Å². The van der Waals surface area contributed by atoms with Crippen molar-refractivity contribution in [2.75, 3.05) is 6.54 Å². The minimum absolute atomic E-state index is 0.0419. The highest BCUT2D eigenvalue weighted by Crippen LogP contribution is 2.35. The van der Waals surface area contributed by atoms with E-state index in [-0.39, 0.29) is 29.6 Å². The molecule has 25 heavy (non-hydrogen) atoms. The Morgan fingerprint density at radius 3 is 2.12 bits per heavy atom. The number of fused-ring (bicyclic) bond motifs is 1. The molecule has 5 heteroatoms. The minimum atomic E-state index is -0.166. The van der Waals surface area contributed by atoms with Gasteiger partial charge in [0.2, 0.25) is 17.7 Å². The molecule has 1 heterocycles. The fourth-order valence-corrected chi connectivity index (χ4v) is 4.39. The van der Waals surface area contributed by atoms with Crippen LogP contribution in [0.25, 0.3) is 0 Å². The average Bonchev–Trinajstić information content (AvgIpc) is 2.82. The number of nitrogens with one attached hydrogen (secondary N) is 1. The van der Waals surface area contributed by atoms with Crippen LogP contribution in [0.5, 0.6) is 0 Å². The highest BCUT2D eigenvalue weighted by Gasteiger charge is 2.46. The third-order valence-corrected chi connectivity index (χ3v) is 5.85. The Kier molecular flexibility index (Phi) is 6.27. The summed E-state index contributed by atoms with van der Waals surface area (Å²) in [6.45, 7) is 0.378. The molecule has 0 aromatic rings. The Labute approximate surface area is 150 Å². The van der Waals surface area contributed by atoms with Crippen molar-refractivity contribution in [2.45, 2.75) is 76.7 Å². The molecule has 138 valence electrons. The van der Waals surface area contributed by atoms with Gasteiger partial charge in [0.1, 0.15) is 0 Å². The molecule has 2 aliphatic carbocycles. The standard InChI is InChI=1S/C20H30N2O3/c23-18(21-15-9-4-2-1-3-5-10-15)13-8-14-22-19(24)16-11-6-7-12-17(16)20(22)25/h6-7,15-17H,1-5,8-14H2,(H,21,23)/t16-,17+. The highest BCUT2D eigenvalue weighted by molar-refractivity contribution is 6.05. The lowest BCUT2D eigenvalue weighted by molar-refractivity contribution is -0.140. The van der Waals surface area contributed by atoms with E-state index in [0.29, 0.717) is 38.3 Å². The van der Waals surface area contributed by atoms with Gasteiger partial charge in [0, 0.05) is 19.0 Å². The zero-order valence-electron chi connectivity index (χ0n) is 15.0. The van der Waals surface area contributed by atoms with E-state index in [1.807, 2.05) is 12.2 Å². The van der Waals surface area contributed by atoms with Crippen molar-refractivity contribution in [3.63, 3.8) is 0 Å². The molecule has 3 rings (SSSR count). The largest absolute Gasteiger partial charge is 0.353 e. The van der Waals surface area contributed by atoms with Crippen molar-refractivity contribution in [1.82, 2.24) is 10.2 Å². The maximum atomic E-state index is 12.4. The van der Waals surface area contributed by atoms with Crippen LogP contribution in [0.15, 0.2) is 12.2 Å². The normalized spacial score (nSPS) is 27.8. The van der Waals surface area contributed by atoms with Gasteiger partial charge in [0.05, 0.1) is 11.8 Å². The summed E-state index contributed by atoms with van der Waals surface area (Å²) in [5.74, 6) is -0.356. The van der Waals surface area contributed by atoms with Crippen LogP contribution in [0.2, 0.25) is 0 Å². The van der Waals surface area contributed by atoms with Gasteiger partial charge in [0.25, 0.3) is 0 Å². The van der Waals surface area contributed by atoms with Crippen molar-refractivity contribution in [2.24, 2.45) is 11.8 Å². The molecule has 2 fully saturated rings. The molecule has 1 saturated heterocycles.